The van der Waals surface area contributed by atoms with Crippen molar-refractivity contribution in [3.63, 3.8) is 0 Å². The summed E-state index contributed by atoms with van der Waals surface area (Å²) in [4.78, 5) is 32.9. The van der Waals surface area contributed by atoms with Crippen LogP contribution in [0.15, 0.2) is 66.9 Å². The van der Waals surface area contributed by atoms with Gasteiger partial charge in [-0.25, -0.2) is 0 Å². The molecule has 6 rings (SSSR count). The van der Waals surface area contributed by atoms with Gasteiger partial charge >= 0.3 is 0 Å². The Kier molecular flexibility index (Phi) is 8.96. The highest BCUT2D eigenvalue weighted by Crippen LogP contribution is 2.32. The molecule has 1 aromatic heterocycles. The van der Waals surface area contributed by atoms with Gasteiger partial charge in [0.1, 0.15) is 17.2 Å². The highest BCUT2D eigenvalue weighted by molar-refractivity contribution is 5.95. The van der Waals surface area contributed by atoms with Gasteiger partial charge in [0.2, 0.25) is 5.91 Å². The number of pyridine rings is 1. The van der Waals surface area contributed by atoms with Crippen LogP contribution in [0, 0.1) is 5.92 Å². The fraction of sp³-hybridized carbons (Fsp3) is 0.424. The maximum Gasteiger partial charge on any atom is 0.251 e. The predicted octanol–water partition coefficient (Wildman–Crippen LogP) is 4.11. The van der Waals surface area contributed by atoms with E-state index in [0.717, 1.165) is 37.2 Å². The first-order valence-corrected chi connectivity index (χ1v) is 14.9. The quantitative estimate of drug-likeness (QED) is 0.460. The van der Waals surface area contributed by atoms with Crippen molar-refractivity contribution in [3.8, 4) is 17.2 Å². The standard InChI is InChI=1S/C33H38N4O5/c38-32-9-13-35-33(39)25-17-28(40-21-23-7-8-23)19-29(18-25)42-27-6-3-4-24(16-27)22-41-31-11-15-37(20-30(31)36-32)14-10-26-5-1-2-12-34-26/h1-6,12,16-19,23,30-31H,7-11,13-15,20-22H2,(H,35,39)(H,36,38)/t30-,31+/m0/s1. The zero-order valence-corrected chi connectivity index (χ0v) is 23.8. The van der Waals surface area contributed by atoms with E-state index in [0.29, 0.717) is 48.5 Å². The Morgan fingerprint density at radius 1 is 1.00 bits per heavy atom. The first kappa shape index (κ1) is 28.2. The Balaban J connectivity index is 1.17. The summed E-state index contributed by atoms with van der Waals surface area (Å²) in [5.74, 6) is 1.95. The minimum Gasteiger partial charge on any atom is -0.493 e. The van der Waals surface area contributed by atoms with Gasteiger partial charge in [-0.2, -0.15) is 0 Å². The lowest BCUT2D eigenvalue weighted by Gasteiger charge is -2.38. The number of carbonyl (C=O) groups excluding carboxylic acids is 2. The molecule has 0 unspecified atom stereocenters. The van der Waals surface area contributed by atoms with E-state index in [1.165, 1.54) is 12.8 Å². The Labute approximate surface area is 246 Å². The molecular formula is C33H38N4O5. The maximum atomic E-state index is 13.1. The van der Waals surface area contributed by atoms with Crippen LogP contribution in [0.5, 0.6) is 17.2 Å². The zero-order valence-electron chi connectivity index (χ0n) is 23.8. The molecule has 1 aliphatic carbocycles. The van der Waals surface area contributed by atoms with E-state index in [-0.39, 0.29) is 36.9 Å². The first-order valence-electron chi connectivity index (χ1n) is 14.9. The van der Waals surface area contributed by atoms with Crippen molar-refractivity contribution in [3.05, 3.63) is 83.7 Å². The predicted molar refractivity (Wildman–Crippen MR) is 158 cm³/mol. The third-order valence-electron chi connectivity index (χ3n) is 7.95. The minimum absolute atomic E-state index is 0.114. The summed E-state index contributed by atoms with van der Waals surface area (Å²) in [6, 6.07) is 18.8. The second-order valence-electron chi connectivity index (χ2n) is 11.4. The highest BCUT2D eigenvalue weighted by Gasteiger charge is 2.31. The molecule has 1 saturated carbocycles. The molecule has 220 valence electrons. The molecule has 2 aliphatic heterocycles. The Hall–Kier alpha value is -3.95. The Morgan fingerprint density at radius 2 is 1.93 bits per heavy atom. The summed E-state index contributed by atoms with van der Waals surface area (Å²) in [7, 11) is 0. The molecular weight excluding hydrogens is 532 g/mol. The fourth-order valence-corrected chi connectivity index (χ4v) is 5.41. The number of rotatable bonds is 6. The van der Waals surface area contributed by atoms with Gasteiger partial charge in [-0.05, 0) is 67.1 Å². The number of benzene rings is 2. The second kappa shape index (κ2) is 13.4. The SMILES string of the molecule is O=C1CCNC(=O)c2cc(OCC3CC3)cc(c2)Oc2cccc(c2)CO[C@@H]2CCN(CCc3ccccn3)C[C@@H]2N1. The molecule has 9 heteroatoms. The number of nitrogens with zero attached hydrogens (tertiary/aromatic N) is 2. The molecule has 2 atom stereocenters. The molecule has 3 aliphatic rings. The normalized spacial score (nSPS) is 21.7. The number of nitrogens with one attached hydrogen (secondary N) is 2. The van der Waals surface area contributed by atoms with Gasteiger partial charge in [-0.3, -0.25) is 14.6 Å². The molecule has 3 aromatic rings. The van der Waals surface area contributed by atoms with Crippen LogP contribution in [0.1, 0.15) is 47.3 Å². The van der Waals surface area contributed by atoms with Crippen LogP contribution in [-0.2, 0) is 22.6 Å². The third kappa shape index (κ3) is 7.86. The number of fused-ring (bicyclic) bond motifs is 5. The van der Waals surface area contributed by atoms with Gasteiger partial charge < -0.3 is 29.7 Å². The molecule has 2 aromatic carbocycles. The van der Waals surface area contributed by atoms with Crippen molar-refractivity contribution < 1.29 is 23.8 Å². The molecule has 0 radical (unpaired) electrons. The van der Waals surface area contributed by atoms with Gasteiger partial charge in [0.25, 0.3) is 5.91 Å². The van der Waals surface area contributed by atoms with Gasteiger partial charge in [0, 0.05) is 62.5 Å². The number of aromatic nitrogens is 1. The van der Waals surface area contributed by atoms with Crippen LogP contribution in [0.3, 0.4) is 0 Å². The number of piperidine rings is 1. The lowest BCUT2D eigenvalue weighted by atomic mass is 10.0. The summed E-state index contributed by atoms with van der Waals surface area (Å²) in [6.45, 7) is 3.67. The van der Waals surface area contributed by atoms with Crippen molar-refractivity contribution >= 4 is 11.8 Å². The van der Waals surface area contributed by atoms with E-state index in [9.17, 15) is 9.59 Å². The first-order chi connectivity index (χ1) is 20.6. The zero-order chi connectivity index (χ0) is 28.7. The van der Waals surface area contributed by atoms with Crippen LogP contribution < -0.4 is 20.1 Å². The summed E-state index contributed by atoms with van der Waals surface area (Å²) >= 11 is 0. The lowest BCUT2D eigenvalue weighted by molar-refractivity contribution is -0.124. The van der Waals surface area contributed by atoms with Gasteiger partial charge in [0.15, 0.2) is 0 Å². The van der Waals surface area contributed by atoms with Crippen LogP contribution in [0.2, 0.25) is 0 Å². The largest absolute Gasteiger partial charge is 0.493 e. The molecule has 42 heavy (non-hydrogen) atoms. The van der Waals surface area contributed by atoms with E-state index in [1.54, 1.807) is 12.1 Å². The van der Waals surface area contributed by atoms with Crippen LogP contribution in [0.25, 0.3) is 0 Å². The van der Waals surface area contributed by atoms with Crippen molar-refractivity contribution in [2.45, 2.75) is 50.9 Å². The van der Waals surface area contributed by atoms with Crippen LogP contribution in [-0.4, -0.2) is 66.6 Å². The molecule has 2 amide bonds. The number of hydrogen-bond acceptors (Lipinski definition) is 7. The third-order valence-corrected chi connectivity index (χ3v) is 7.95. The van der Waals surface area contributed by atoms with Crippen molar-refractivity contribution in [1.29, 1.82) is 0 Å². The average Bonchev–Trinajstić information content (AvgIpc) is 3.83. The topological polar surface area (TPSA) is 102 Å². The highest BCUT2D eigenvalue weighted by atomic mass is 16.5. The number of likely N-dealkylation sites (tertiary alicyclic amines) is 1. The van der Waals surface area contributed by atoms with Gasteiger partial charge in [-0.1, -0.05) is 18.2 Å². The summed E-state index contributed by atoms with van der Waals surface area (Å²) in [6.07, 6.45) is 5.85. The monoisotopic (exact) mass is 570 g/mol. The minimum atomic E-state index is -0.276. The fourth-order valence-electron chi connectivity index (χ4n) is 5.41. The number of carbonyl (C=O) groups is 2. The van der Waals surface area contributed by atoms with Gasteiger partial charge in [-0.15, -0.1) is 0 Å². The molecule has 2 fully saturated rings. The summed E-state index contributed by atoms with van der Waals surface area (Å²) < 4.78 is 18.6. The number of amides is 2. The average molecular weight is 571 g/mol. The van der Waals surface area contributed by atoms with E-state index >= 15 is 0 Å². The smallest absolute Gasteiger partial charge is 0.251 e. The van der Waals surface area contributed by atoms with E-state index in [4.69, 9.17) is 14.2 Å². The molecule has 2 N–H and O–H groups in total. The van der Waals surface area contributed by atoms with Crippen molar-refractivity contribution in [1.82, 2.24) is 20.5 Å². The molecule has 3 heterocycles. The van der Waals surface area contributed by atoms with E-state index in [1.807, 2.05) is 54.7 Å². The van der Waals surface area contributed by atoms with E-state index < -0.39 is 0 Å². The number of ether oxygens (including phenoxy) is 3. The Morgan fingerprint density at radius 3 is 2.79 bits per heavy atom. The Bertz CT molecular complexity index is 1380. The molecule has 4 bridgehead atoms. The maximum absolute atomic E-state index is 13.1. The molecule has 1 saturated heterocycles. The molecule has 9 nitrogen and oxygen atoms in total. The van der Waals surface area contributed by atoms with Crippen LogP contribution in [0.4, 0.5) is 0 Å². The summed E-state index contributed by atoms with van der Waals surface area (Å²) in [5, 5.41) is 6.08. The molecule has 0 spiro atoms. The number of hydrogen-bond donors (Lipinski definition) is 2. The van der Waals surface area contributed by atoms with Gasteiger partial charge in [0.05, 0.1) is 25.4 Å². The van der Waals surface area contributed by atoms with Crippen LogP contribution >= 0.6 is 0 Å². The second-order valence-corrected chi connectivity index (χ2v) is 11.4. The van der Waals surface area contributed by atoms with Crippen molar-refractivity contribution in [2.24, 2.45) is 5.92 Å². The van der Waals surface area contributed by atoms with E-state index in [2.05, 4.69) is 20.5 Å². The van der Waals surface area contributed by atoms with Crippen molar-refractivity contribution in [2.75, 3.05) is 32.8 Å². The lowest BCUT2D eigenvalue weighted by Crippen LogP contribution is -2.56. The summed E-state index contributed by atoms with van der Waals surface area (Å²) in [5.41, 5.74) is 2.45.